The Morgan fingerprint density at radius 3 is 2.16 bits per heavy atom. The summed E-state index contributed by atoms with van der Waals surface area (Å²) in [6.45, 7) is 2.76. The van der Waals surface area contributed by atoms with Gasteiger partial charge in [0.25, 0.3) is 5.91 Å². The average molecular weight is 418 g/mol. The van der Waals surface area contributed by atoms with Gasteiger partial charge in [0.1, 0.15) is 5.75 Å². The molecule has 0 aliphatic heterocycles. The molecule has 0 aliphatic carbocycles. The number of benzene rings is 3. The van der Waals surface area contributed by atoms with E-state index in [0.29, 0.717) is 36.0 Å². The van der Waals surface area contributed by atoms with Crippen molar-refractivity contribution in [1.29, 1.82) is 0 Å². The average Bonchev–Trinajstić information content (AvgIpc) is 2.79. The molecule has 0 radical (unpaired) electrons. The smallest absolute Gasteiger partial charge is 0.255 e. The van der Waals surface area contributed by atoms with E-state index in [0.717, 1.165) is 5.56 Å². The van der Waals surface area contributed by atoms with Gasteiger partial charge in [-0.25, -0.2) is 0 Å². The van der Waals surface area contributed by atoms with Gasteiger partial charge in [-0.3, -0.25) is 9.59 Å². The molecule has 3 aromatic carbocycles. The number of carbonyl (C=O) groups excluding carboxylic acids is 2. The molecule has 160 valence electrons. The van der Waals surface area contributed by atoms with Crippen molar-refractivity contribution in [2.45, 2.75) is 13.5 Å². The largest absolute Gasteiger partial charge is 0.490 e. The molecule has 31 heavy (non-hydrogen) atoms. The molecule has 0 bridgehead atoms. The predicted molar refractivity (Wildman–Crippen MR) is 119 cm³/mol. The predicted octanol–water partition coefficient (Wildman–Crippen LogP) is 4.27. The van der Waals surface area contributed by atoms with Gasteiger partial charge in [-0.05, 0) is 36.8 Å². The summed E-state index contributed by atoms with van der Waals surface area (Å²) in [4.78, 5) is 26.8. The van der Waals surface area contributed by atoms with E-state index in [1.807, 2.05) is 55.5 Å². The number of nitrogens with zero attached hydrogens (tertiary/aromatic N) is 1. The zero-order valence-corrected chi connectivity index (χ0v) is 17.7. The van der Waals surface area contributed by atoms with E-state index in [2.05, 4.69) is 5.32 Å². The molecule has 0 saturated carbocycles. The molecule has 0 unspecified atom stereocenters. The molecular weight excluding hydrogens is 392 g/mol. The molecule has 2 amide bonds. The van der Waals surface area contributed by atoms with Gasteiger partial charge < -0.3 is 19.7 Å². The lowest BCUT2D eigenvalue weighted by atomic mass is 10.2. The maximum absolute atomic E-state index is 12.8. The Hall–Kier alpha value is -3.80. The number of amides is 2. The topological polar surface area (TPSA) is 67.9 Å². The highest BCUT2D eigenvalue weighted by atomic mass is 16.5. The van der Waals surface area contributed by atoms with Crippen LogP contribution in [0.1, 0.15) is 22.8 Å². The van der Waals surface area contributed by atoms with E-state index < -0.39 is 0 Å². The lowest BCUT2D eigenvalue weighted by Gasteiger charge is -2.18. The van der Waals surface area contributed by atoms with Crippen molar-refractivity contribution >= 4 is 11.8 Å². The maximum Gasteiger partial charge on any atom is 0.255 e. The SMILES string of the molecule is CCOc1ccccc1Oc1ccccc1C(=O)NCC(=O)N(C)Cc1ccccc1. The number of nitrogens with one attached hydrogen (secondary N) is 1. The van der Waals surface area contributed by atoms with Crippen LogP contribution >= 0.6 is 0 Å². The molecule has 3 aromatic rings. The molecule has 0 spiro atoms. The molecule has 0 heterocycles. The Kier molecular flexibility index (Phi) is 7.65. The van der Waals surface area contributed by atoms with Gasteiger partial charge in [-0.1, -0.05) is 54.6 Å². The normalized spacial score (nSPS) is 10.3. The third-order valence-corrected chi connectivity index (χ3v) is 4.59. The van der Waals surface area contributed by atoms with Crippen molar-refractivity contribution in [3.8, 4) is 17.2 Å². The maximum atomic E-state index is 12.8. The number of likely N-dealkylation sites (N-methyl/N-ethyl adjacent to an activating group) is 1. The highest BCUT2D eigenvalue weighted by Gasteiger charge is 2.16. The molecule has 0 fully saturated rings. The zero-order chi connectivity index (χ0) is 22.1. The second-order valence-electron chi connectivity index (χ2n) is 6.90. The lowest BCUT2D eigenvalue weighted by Crippen LogP contribution is -2.37. The fourth-order valence-electron chi connectivity index (χ4n) is 3.00. The van der Waals surface area contributed by atoms with Crippen LogP contribution in [0.3, 0.4) is 0 Å². The van der Waals surface area contributed by atoms with E-state index >= 15 is 0 Å². The Balaban J connectivity index is 1.64. The lowest BCUT2D eigenvalue weighted by molar-refractivity contribution is -0.129. The van der Waals surface area contributed by atoms with Crippen LogP contribution in [0.2, 0.25) is 0 Å². The molecular formula is C25H26N2O4. The van der Waals surface area contributed by atoms with E-state index in [4.69, 9.17) is 9.47 Å². The van der Waals surface area contributed by atoms with Crippen molar-refractivity contribution in [3.63, 3.8) is 0 Å². The number of hydrogen-bond acceptors (Lipinski definition) is 4. The van der Waals surface area contributed by atoms with Crippen LogP contribution in [0.5, 0.6) is 17.2 Å². The minimum atomic E-state index is -0.383. The van der Waals surface area contributed by atoms with Gasteiger partial charge in [0, 0.05) is 13.6 Å². The summed E-state index contributed by atoms with van der Waals surface area (Å²) in [6.07, 6.45) is 0. The second-order valence-corrected chi connectivity index (χ2v) is 6.90. The molecule has 0 aromatic heterocycles. The van der Waals surface area contributed by atoms with Crippen LogP contribution in [0.4, 0.5) is 0 Å². The zero-order valence-electron chi connectivity index (χ0n) is 17.7. The van der Waals surface area contributed by atoms with Gasteiger partial charge in [0.05, 0.1) is 18.7 Å². The molecule has 6 heteroatoms. The molecule has 3 rings (SSSR count). The summed E-state index contributed by atoms with van der Waals surface area (Å²) in [6, 6.07) is 23.9. The van der Waals surface area contributed by atoms with Crippen molar-refractivity contribution < 1.29 is 19.1 Å². The summed E-state index contributed by atoms with van der Waals surface area (Å²) in [5, 5.41) is 2.69. The fraction of sp³-hybridized carbons (Fsp3) is 0.200. The summed E-state index contributed by atoms with van der Waals surface area (Å²) in [5.74, 6) is 0.932. The monoisotopic (exact) mass is 418 g/mol. The minimum Gasteiger partial charge on any atom is -0.490 e. The third kappa shape index (κ3) is 6.09. The van der Waals surface area contributed by atoms with E-state index in [1.54, 1.807) is 42.3 Å². The summed E-state index contributed by atoms with van der Waals surface area (Å²) < 4.78 is 11.6. The molecule has 1 N–H and O–H groups in total. The first-order valence-electron chi connectivity index (χ1n) is 10.1. The summed E-state index contributed by atoms with van der Waals surface area (Å²) >= 11 is 0. The quantitative estimate of drug-likeness (QED) is 0.564. The first-order chi connectivity index (χ1) is 15.1. The van der Waals surface area contributed by atoms with Gasteiger partial charge in [-0.15, -0.1) is 0 Å². The molecule has 6 nitrogen and oxygen atoms in total. The summed E-state index contributed by atoms with van der Waals surface area (Å²) in [7, 11) is 1.71. The first-order valence-corrected chi connectivity index (χ1v) is 10.1. The Bertz CT molecular complexity index is 1020. The standard InChI is InChI=1S/C25H26N2O4/c1-3-30-22-15-9-10-16-23(22)31-21-14-8-7-13-20(21)25(29)26-17-24(28)27(2)18-19-11-5-4-6-12-19/h4-16H,3,17-18H2,1-2H3,(H,26,29). The van der Waals surface area contributed by atoms with Crippen LogP contribution in [0.15, 0.2) is 78.9 Å². The third-order valence-electron chi connectivity index (χ3n) is 4.59. The van der Waals surface area contributed by atoms with Crippen molar-refractivity contribution in [1.82, 2.24) is 10.2 Å². The van der Waals surface area contributed by atoms with Crippen LogP contribution in [-0.2, 0) is 11.3 Å². The van der Waals surface area contributed by atoms with Gasteiger partial charge >= 0.3 is 0 Å². The fourth-order valence-corrected chi connectivity index (χ4v) is 3.00. The Morgan fingerprint density at radius 1 is 0.839 bits per heavy atom. The van der Waals surface area contributed by atoms with Crippen LogP contribution in [0.25, 0.3) is 0 Å². The highest BCUT2D eigenvalue weighted by Crippen LogP contribution is 2.32. The number of hydrogen-bond donors (Lipinski definition) is 1. The van der Waals surface area contributed by atoms with Crippen molar-refractivity contribution in [3.05, 3.63) is 90.0 Å². The minimum absolute atomic E-state index is 0.105. The van der Waals surface area contributed by atoms with Crippen LogP contribution in [0, 0.1) is 0 Å². The number of para-hydroxylation sites is 3. The van der Waals surface area contributed by atoms with E-state index in [-0.39, 0.29) is 18.4 Å². The van der Waals surface area contributed by atoms with Gasteiger partial charge in [0.2, 0.25) is 5.91 Å². The summed E-state index contributed by atoms with van der Waals surface area (Å²) in [5.41, 5.74) is 1.36. The number of ether oxygens (including phenoxy) is 2. The van der Waals surface area contributed by atoms with Crippen LogP contribution < -0.4 is 14.8 Å². The van der Waals surface area contributed by atoms with Crippen molar-refractivity contribution in [2.24, 2.45) is 0 Å². The molecule has 0 aliphatic rings. The van der Waals surface area contributed by atoms with Crippen molar-refractivity contribution in [2.75, 3.05) is 20.2 Å². The molecule has 0 atom stereocenters. The molecule has 0 saturated heterocycles. The van der Waals surface area contributed by atoms with E-state index in [1.165, 1.54) is 0 Å². The first kappa shape index (κ1) is 21.9. The number of rotatable bonds is 9. The highest BCUT2D eigenvalue weighted by molar-refractivity contribution is 5.98. The van der Waals surface area contributed by atoms with Crippen LogP contribution in [-0.4, -0.2) is 36.9 Å². The van der Waals surface area contributed by atoms with Gasteiger partial charge in [0.15, 0.2) is 11.5 Å². The second kappa shape index (κ2) is 10.8. The Labute approximate surface area is 182 Å². The Morgan fingerprint density at radius 2 is 1.45 bits per heavy atom. The van der Waals surface area contributed by atoms with Gasteiger partial charge in [-0.2, -0.15) is 0 Å². The van der Waals surface area contributed by atoms with E-state index in [9.17, 15) is 9.59 Å². The number of carbonyl (C=O) groups is 2.